The molecule has 0 aliphatic rings. The minimum absolute atomic E-state index is 0.0146. The summed E-state index contributed by atoms with van der Waals surface area (Å²) < 4.78 is 1.79. The van der Waals surface area contributed by atoms with Crippen LogP contribution < -0.4 is 5.32 Å². The fraction of sp³-hybridized carbons (Fsp3) is 0.333. The van der Waals surface area contributed by atoms with Crippen molar-refractivity contribution in [2.24, 2.45) is 0 Å². The third-order valence-corrected chi connectivity index (χ3v) is 3.30. The Kier molecular flexibility index (Phi) is 4.34. The lowest BCUT2D eigenvalue weighted by atomic mass is 10.0. The van der Waals surface area contributed by atoms with Crippen LogP contribution in [0.1, 0.15) is 31.4 Å². The molecule has 0 radical (unpaired) electrons. The first kappa shape index (κ1) is 13.3. The third-order valence-electron chi connectivity index (χ3n) is 3.30. The Labute approximate surface area is 113 Å². The zero-order valence-electron chi connectivity index (χ0n) is 11.3. The predicted octanol–water partition coefficient (Wildman–Crippen LogP) is 2.36. The van der Waals surface area contributed by atoms with Gasteiger partial charge in [0.2, 0.25) is 5.91 Å². The predicted molar refractivity (Wildman–Crippen MR) is 74.8 cm³/mol. The highest BCUT2D eigenvalue weighted by Crippen LogP contribution is 2.13. The maximum Gasteiger partial charge on any atom is 0.242 e. The molecule has 0 saturated heterocycles. The van der Waals surface area contributed by atoms with Crippen molar-refractivity contribution < 1.29 is 4.79 Å². The van der Waals surface area contributed by atoms with Crippen molar-refractivity contribution in [1.29, 1.82) is 0 Å². The van der Waals surface area contributed by atoms with Gasteiger partial charge in [0.1, 0.15) is 6.04 Å². The van der Waals surface area contributed by atoms with Crippen LogP contribution in [-0.2, 0) is 4.79 Å². The van der Waals surface area contributed by atoms with E-state index in [9.17, 15) is 4.79 Å². The molecule has 2 atom stereocenters. The van der Waals surface area contributed by atoms with Crippen LogP contribution in [0.3, 0.4) is 0 Å². The molecule has 0 saturated carbocycles. The van der Waals surface area contributed by atoms with Crippen molar-refractivity contribution in [3.8, 4) is 0 Å². The van der Waals surface area contributed by atoms with Crippen molar-refractivity contribution >= 4 is 5.91 Å². The second kappa shape index (κ2) is 6.18. The summed E-state index contributed by atoms with van der Waals surface area (Å²) in [6.07, 6.45) is 5.13. The molecular formula is C15H19N3O. The SMILES string of the molecule is C[C@H](CNC(=O)[C@H](C)n1ccnc1)c1ccccc1. The fourth-order valence-corrected chi connectivity index (χ4v) is 1.93. The molecule has 0 aliphatic heterocycles. The summed E-state index contributed by atoms with van der Waals surface area (Å²) in [5.41, 5.74) is 1.23. The van der Waals surface area contributed by atoms with Crippen LogP contribution in [-0.4, -0.2) is 22.0 Å². The minimum Gasteiger partial charge on any atom is -0.354 e. The minimum atomic E-state index is -0.231. The number of hydrogen-bond donors (Lipinski definition) is 1. The van der Waals surface area contributed by atoms with Gasteiger partial charge in [-0.1, -0.05) is 37.3 Å². The quantitative estimate of drug-likeness (QED) is 0.893. The largest absolute Gasteiger partial charge is 0.354 e. The van der Waals surface area contributed by atoms with Gasteiger partial charge in [0.05, 0.1) is 6.33 Å². The van der Waals surface area contributed by atoms with E-state index in [-0.39, 0.29) is 11.9 Å². The first-order valence-electron chi connectivity index (χ1n) is 6.48. The Bertz CT molecular complexity index is 507. The third kappa shape index (κ3) is 3.44. The molecule has 0 aliphatic carbocycles. The lowest BCUT2D eigenvalue weighted by Gasteiger charge is -2.16. The van der Waals surface area contributed by atoms with E-state index in [4.69, 9.17) is 0 Å². The monoisotopic (exact) mass is 257 g/mol. The van der Waals surface area contributed by atoms with Crippen molar-refractivity contribution in [1.82, 2.24) is 14.9 Å². The Morgan fingerprint density at radius 1 is 1.32 bits per heavy atom. The highest BCUT2D eigenvalue weighted by Gasteiger charge is 2.15. The highest BCUT2D eigenvalue weighted by molar-refractivity contribution is 5.79. The van der Waals surface area contributed by atoms with Gasteiger partial charge in [-0.15, -0.1) is 0 Å². The Hall–Kier alpha value is -2.10. The van der Waals surface area contributed by atoms with Gasteiger partial charge >= 0.3 is 0 Å². The Balaban J connectivity index is 1.87. The molecular weight excluding hydrogens is 238 g/mol. The van der Waals surface area contributed by atoms with Gasteiger partial charge in [0, 0.05) is 18.9 Å². The van der Waals surface area contributed by atoms with Gasteiger partial charge < -0.3 is 9.88 Å². The second-order valence-corrected chi connectivity index (χ2v) is 4.74. The molecule has 1 aromatic heterocycles. The van der Waals surface area contributed by atoms with E-state index in [0.717, 1.165) is 0 Å². The summed E-state index contributed by atoms with van der Waals surface area (Å²) in [4.78, 5) is 16.0. The smallest absolute Gasteiger partial charge is 0.242 e. The molecule has 19 heavy (non-hydrogen) atoms. The van der Waals surface area contributed by atoms with Gasteiger partial charge in [-0.25, -0.2) is 4.98 Å². The van der Waals surface area contributed by atoms with Crippen LogP contribution >= 0.6 is 0 Å². The summed E-state index contributed by atoms with van der Waals surface area (Å²) >= 11 is 0. The Morgan fingerprint density at radius 3 is 2.68 bits per heavy atom. The summed E-state index contributed by atoms with van der Waals surface area (Å²) in [7, 11) is 0. The number of benzene rings is 1. The van der Waals surface area contributed by atoms with Crippen LogP contribution in [0, 0.1) is 0 Å². The molecule has 0 unspecified atom stereocenters. The number of nitrogens with one attached hydrogen (secondary N) is 1. The molecule has 2 aromatic rings. The maximum atomic E-state index is 12.0. The van der Waals surface area contributed by atoms with E-state index in [1.165, 1.54) is 5.56 Å². The van der Waals surface area contributed by atoms with Gasteiger partial charge in [0.25, 0.3) is 0 Å². The standard InChI is InChI=1S/C15H19N3O/c1-12(14-6-4-3-5-7-14)10-17-15(19)13(2)18-9-8-16-11-18/h3-9,11-13H,10H2,1-2H3,(H,17,19)/t12-,13+/m1/s1. The first-order chi connectivity index (χ1) is 9.18. The molecule has 100 valence electrons. The summed E-state index contributed by atoms with van der Waals surface area (Å²) in [6, 6.07) is 9.96. The van der Waals surface area contributed by atoms with Crippen molar-refractivity contribution in [3.63, 3.8) is 0 Å². The molecule has 1 aromatic carbocycles. The van der Waals surface area contributed by atoms with E-state index in [2.05, 4.69) is 29.4 Å². The normalized spacial score (nSPS) is 13.8. The fourth-order valence-electron chi connectivity index (χ4n) is 1.93. The molecule has 1 amide bonds. The first-order valence-corrected chi connectivity index (χ1v) is 6.48. The number of carbonyl (C=O) groups excluding carboxylic acids is 1. The van der Waals surface area contributed by atoms with Crippen LogP contribution in [0.4, 0.5) is 0 Å². The number of aromatic nitrogens is 2. The van der Waals surface area contributed by atoms with E-state index in [0.29, 0.717) is 12.5 Å². The van der Waals surface area contributed by atoms with Crippen molar-refractivity contribution in [2.75, 3.05) is 6.54 Å². The second-order valence-electron chi connectivity index (χ2n) is 4.74. The van der Waals surface area contributed by atoms with Crippen LogP contribution in [0.15, 0.2) is 49.1 Å². The average molecular weight is 257 g/mol. The van der Waals surface area contributed by atoms with Gasteiger partial charge in [0.15, 0.2) is 0 Å². The van der Waals surface area contributed by atoms with Crippen molar-refractivity contribution in [2.45, 2.75) is 25.8 Å². The number of carbonyl (C=O) groups is 1. The van der Waals surface area contributed by atoms with Crippen LogP contribution in [0.5, 0.6) is 0 Å². The van der Waals surface area contributed by atoms with E-state index in [1.54, 1.807) is 23.3 Å². The lowest BCUT2D eigenvalue weighted by molar-refractivity contribution is -0.123. The maximum absolute atomic E-state index is 12.0. The van der Waals surface area contributed by atoms with Gasteiger partial charge in [-0.3, -0.25) is 4.79 Å². The lowest BCUT2D eigenvalue weighted by Crippen LogP contribution is -2.33. The molecule has 0 fully saturated rings. The molecule has 1 N–H and O–H groups in total. The number of rotatable bonds is 5. The molecule has 0 spiro atoms. The molecule has 4 nitrogen and oxygen atoms in total. The topological polar surface area (TPSA) is 46.9 Å². The average Bonchev–Trinajstić information content (AvgIpc) is 2.98. The zero-order valence-corrected chi connectivity index (χ0v) is 11.3. The zero-order chi connectivity index (χ0) is 13.7. The number of amides is 1. The highest BCUT2D eigenvalue weighted by atomic mass is 16.2. The van der Waals surface area contributed by atoms with Crippen LogP contribution in [0.2, 0.25) is 0 Å². The van der Waals surface area contributed by atoms with Crippen LogP contribution in [0.25, 0.3) is 0 Å². The number of imidazole rings is 1. The molecule has 4 heteroatoms. The van der Waals surface area contributed by atoms with E-state index < -0.39 is 0 Å². The summed E-state index contributed by atoms with van der Waals surface area (Å²) in [5, 5.41) is 2.98. The number of nitrogens with zero attached hydrogens (tertiary/aromatic N) is 2. The molecule has 1 heterocycles. The van der Waals surface area contributed by atoms with Crippen molar-refractivity contribution in [3.05, 3.63) is 54.6 Å². The summed E-state index contributed by atoms with van der Waals surface area (Å²) in [6.45, 7) is 4.61. The number of hydrogen-bond acceptors (Lipinski definition) is 2. The van der Waals surface area contributed by atoms with Gasteiger partial charge in [-0.05, 0) is 18.4 Å². The van der Waals surface area contributed by atoms with Gasteiger partial charge in [-0.2, -0.15) is 0 Å². The summed E-state index contributed by atoms with van der Waals surface area (Å²) in [5.74, 6) is 0.320. The van der Waals surface area contributed by atoms with E-state index >= 15 is 0 Å². The van der Waals surface area contributed by atoms with E-state index in [1.807, 2.05) is 25.1 Å². The molecule has 0 bridgehead atoms. The molecule has 2 rings (SSSR count). The Morgan fingerprint density at radius 2 is 2.05 bits per heavy atom.